The van der Waals surface area contributed by atoms with E-state index in [4.69, 9.17) is 26.6 Å². The number of aryl methyl sites for hydroxylation is 2. The van der Waals surface area contributed by atoms with E-state index in [1.54, 1.807) is 7.11 Å². The van der Waals surface area contributed by atoms with E-state index in [1.165, 1.54) is 0 Å². The highest BCUT2D eigenvalue weighted by molar-refractivity contribution is 6.33. The lowest BCUT2D eigenvalue weighted by atomic mass is 10.0. The van der Waals surface area contributed by atoms with Gasteiger partial charge in [-0.25, -0.2) is 0 Å². The Labute approximate surface area is 110 Å². The summed E-state index contributed by atoms with van der Waals surface area (Å²) in [7, 11) is 1.56. The third kappa shape index (κ3) is 2.07. The van der Waals surface area contributed by atoms with E-state index in [1.807, 2.05) is 19.9 Å². The van der Waals surface area contributed by atoms with Gasteiger partial charge < -0.3 is 15.0 Å². The van der Waals surface area contributed by atoms with Crippen molar-refractivity contribution in [3.8, 4) is 17.1 Å². The van der Waals surface area contributed by atoms with Gasteiger partial charge in [0.2, 0.25) is 11.7 Å². The number of nitrogens with zero attached hydrogens (tertiary/aromatic N) is 2. The lowest BCUT2D eigenvalue weighted by Crippen LogP contribution is -1.98. The molecule has 6 heteroatoms. The molecule has 0 aliphatic rings. The maximum absolute atomic E-state index is 6.23. The minimum Gasteiger partial charge on any atom is -0.494 e. The van der Waals surface area contributed by atoms with Gasteiger partial charge in [-0.15, -0.1) is 0 Å². The normalized spacial score (nSPS) is 10.7. The van der Waals surface area contributed by atoms with Gasteiger partial charge in [-0.2, -0.15) is 4.98 Å². The minimum absolute atomic E-state index is 0.202. The van der Waals surface area contributed by atoms with Crippen LogP contribution in [0.25, 0.3) is 11.4 Å². The van der Waals surface area contributed by atoms with Gasteiger partial charge in [0.1, 0.15) is 5.75 Å². The Hall–Kier alpha value is -1.59. The summed E-state index contributed by atoms with van der Waals surface area (Å²) in [6.07, 6.45) is 0. The van der Waals surface area contributed by atoms with E-state index < -0.39 is 0 Å². The smallest absolute Gasteiger partial charge is 0.240 e. The summed E-state index contributed by atoms with van der Waals surface area (Å²) < 4.78 is 10.4. The fourth-order valence-corrected chi connectivity index (χ4v) is 2.06. The predicted octanol–water partition coefficient (Wildman–Crippen LogP) is 2.47. The summed E-state index contributed by atoms with van der Waals surface area (Å²) in [5.74, 6) is 1.37. The standard InChI is InChI=1S/C12H14ClN3O2/c1-6-4-7(2)10(13)11(17-3)9(6)12-15-8(5-14)18-16-12/h4H,5,14H2,1-3H3. The van der Waals surface area contributed by atoms with Crippen molar-refractivity contribution in [2.75, 3.05) is 7.11 Å². The summed E-state index contributed by atoms with van der Waals surface area (Å²) in [4.78, 5) is 4.20. The zero-order chi connectivity index (χ0) is 13.3. The monoisotopic (exact) mass is 267 g/mol. The number of methoxy groups -OCH3 is 1. The van der Waals surface area contributed by atoms with Gasteiger partial charge in [-0.3, -0.25) is 0 Å². The van der Waals surface area contributed by atoms with Crippen molar-refractivity contribution < 1.29 is 9.26 Å². The molecule has 1 aromatic carbocycles. The largest absolute Gasteiger partial charge is 0.494 e. The molecule has 0 atom stereocenters. The summed E-state index contributed by atoms with van der Waals surface area (Å²) in [6, 6.07) is 1.96. The van der Waals surface area contributed by atoms with E-state index in [-0.39, 0.29) is 6.54 Å². The van der Waals surface area contributed by atoms with Crippen LogP contribution in [0.15, 0.2) is 10.6 Å². The van der Waals surface area contributed by atoms with Crippen LogP contribution < -0.4 is 10.5 Å². The zero-order valence-corrected chi connectivity index (χ0v) is 11.2. The SMILES string of the molecule is COc1c(Cl)c(C)cc(C)c1-c1noc(CN)n1. The number of hydrogen-bond acceptors (Lipinski definition) is 5. The van der Waals surface area contributed by atoms with E-state index in [0.717, 1.165) is 16.7 Å². The van der Waals surface area contributed by atoms with E-state index in [9.17, 15) is 0 Å². The van der Waals surface area contributed by atoms with Crippen molar-refractivity contribution in [1.82, 2.24) is 10.1 Å². The quantitative estimate of drug-likeness (QED) is 0.925. The third-order valence-corrected chi connectivity index (χ3v) is 3.14. The molecular weight excluding hydrogens is 254 g/mol. The average molecular weight is 268 g/mol. The molecule has 96 valence electrons. The van der Waals surface area contributed by atoms with Gasteiger partial charge in [0.15, 0.2) is 0 Å². The molecule has 5 nitrogen and oxygen atoms in total. The molecule has 1 aromatic heterocycles. The first-order chi connectivity index (χ1) is 8.58. The molecule has 0 aliphatic carbocycles. The number of aromatic nitrogens is 2. The highest BCUT2D eigenvalue weighted by Crippen LogP contribution is 2.39. The number of hydrogen-bond donors (Lipinski definition) is 1. The molecule has 2 N–H and O–H groups in total. The first-order valence-corrected chi connectivity index (χ1v) is 5.83. The molecule has 1 heterocycles. The molecule has 2 rings (SSSR count). The lowest BCUT2D eigenvalue weighted by molar-refractivity contribution is 0.379. The molecular formula is C12H14ClN3O2. The van der Waals surface area contributed by atoms with Crippen LogP contribution in [0.3, 0.4) is 0 Å². The molecule has 2 aromatic rings. The summed E-state index contributed by atoms with van der Waals surface area (Å²) in [5.41, 5.74) is 8.10. The van der Waals surface area contributed by atoms with Crippen LogP contribution in [0.4, 0.5) is 0 Å². The van der Waals surface area contributed by atoms with Crippen molar-refractivity contribution in [1.29, 1.82) is 0 Å². The Morgan fingerprint density at radius 3 is 2.67 bits per heavy atom. The van der Waals surface area contributed by atoms with Crippen LogP contribution in [0.5, 0.6) is 5.75 Å². The Bertz CT molecular complexity index is 581. The maximum Gasteiger partial charge on any atom is 0.240 e. The van der Waals surface area contributed by atoms with Gasteiger partial charge in [0, 0.05) is 0 Å². The predicted molar refractivity (Wildman–Crippen MR) is 68.7 cm³/mol. The Morgan fingerprint density at radius 1 is 1.39 bits per heavy atom. The highest BCUT2D eigenvalue weighted by Gasteiger charge is 2.19. The van der Waals surface area contributed by atoms with Gasteiger partial charge in [0.05, 0.1) is 24.2 Å². The van der Waals surface area contributed by atoms with Crippen LogP contribution in [-0.2, 0) is 6.54 Å². The number of nitrogens with two attached hydrogens (primary N) is 1. The molecule has 0 aliphatic heterocycles. The molecule has 0 bridgehead atoms. The van der Waals surface area contributed by atoms with E-state index >= 15 is 0 Å². The van der Waals surface area contributed by atoms with Crippen LogP contribution in [0.1, 0.15) is 17.0 Å². The second kappa shape index (κ2) is 4.96. The van der Waals surface area contributed by atoms with Gasteiger partial charge in [-0.1, -0.05) is 22.8 Å². The zero-order valence-electron chi connectivity index (χ0n) is 10.5. The highest BCUT2D eigenvalue weighted by atomic mass is 35.5. The number of rotatable bonds is 3. The van der Waals surface area contributed by atoms with Crippen LogP contribution >= 0.6 is 11.6 Å². The molecule has 0 saturated heterocycles. The van der Waals surface area contributed by atoms with Crippen molar-refractivity contribution in [3.05, 3.63) is 28.1 Å². The topological polar surface area (TPSA) is 74.2 Å². The fourth-order valence-electron chi connectivity index (χ4n) is 1.84. The first-order valence-electron chi connectivity index (χ1n) is 5.45. The summed E-state index contributed by atoms with van der Waals surface area (Å²) >= 11 is 6.23. The lowest BCUT2D eigenvalue weighted by Gasteiger charge is -2.12. The second-order valence-corrected chi connectivity index (χ2v) is 4.33. The summed E-state index contributed by atoms with van der Waals surface area (Å²) in [6.45, 7) is 4.07. The van der Waals surface area contributed by atoms with Crippen molar-refractivity contribution in [2.24, 2.45) is 5.73 Å². The van der Waals surface area contributed by atoms with E-state index in [2.05, 4.69) is 10.1 Å². The number of halogens is 1. The van der Waals surface area contributed by atoms with Crippen molar-refractivity contribution in [2.45, 2.75) is 20.4 Å². The Kier molecular flexibility index (Phi) is 3.54. The second-order valence-electron chi connectivity index (χ2n) is 3.95. The molecule has 0 fully saturated rings. The van der Waals surface area contributed by atoms with Crippen LogP contribution in [0.2, 0.25) is 5.02 Å². The average Bonchev–Trinajstić information content (AvgIpc) is 2.81. The molecule has 0 spiro atoms. The van der Waals surface area contributed by atoms with Gasteiger partial charge >= 0.3 is 0 Å². The van der Waals surface area contributed by atoms with Gasteiger partial charge in [0.25, 0.3) is 0 Å². The van der Waals surface area contributed by atoms with Crippen LogP contribution in [-0.4, -0.2) is 17.3 Å². The molecule has 0 radical (unpaired) electrons. The maximum atomic E-state index is 6.23. The van der Waals surface area contributed by atoms with E-state index in [0.29, 0.717) is 22.5 Å². The molecule has 0 saturated carbocycles. The minimum atomic E-state index is 0.202. The Morgan fingerprint density at radius 2 is 2.11 bits per heavy atom. The van der Waals surface area contributed by atoms with Gasteiger partial charge in [-0.05, 0) is 25.0 Å². The van der Waals surface area contributed by atoms with Crippen LogP contribution in [0, 0.1) is 13.8 Å². The molecule has 0 amide bonds. The summed E-state index contributed by atoms with van der Waals surface area (Å²) in [5, 5.41) is 4.45. The number of benzene rings is 1. The van der Waals surface area contributed by atoms with Crippen molar-refractivity contribution in [3.63, 3.8) is 0 Å². The first kappa shape index (κ1) is 12.9. The Balaban J connectivity index is 2.66. The fraction of sp³-hybridized carbons (Fsp3) is 0.333. The molecule has 0 unspecified atom stereocenters. The third-order valence-electron chi connectivity index (χ3n) is 2.67. The number of ether oxygens (including phenoxy) is 1. The van der Waals surface area contributed by atoms with Crippen molar-refractivity contribution >= 4 is 11.6 Å². The molecule has 18 heavy (non-hydrogen) atoms.